The third-order valence-electron chi connectivity index (χ3n) is 4.55. The Bertz CT molecular complexity index is 835. The number of nitrogens with one attached hydrogen (secondary N) is 1. The highest BCUT2D eigenvalue weighted by atomic mass is 16.8. The van der Waals surface area contributed by atoms with Crippen LogP contribution in [0.1, 0.15) is 52.8 Å². The van der Waals surface area contributed by atoms with E-state index in [1.807, 2.05) is 20.8 Å². The summed E-state index contributed by atoms with van der Waals surface area (Å²) in [5.74, 6) is -1.64. The molecule has 1 aromatic heterocycles. The lowest BCUT2D eigenvalue weighted by atomic mass is 10.1. The van der Waals surface area contributed by atoms with Gasteiger partial charge in [0.1, 0.15) is 24.6 Å². The molecule has 0 aromatic carbocycles. The van der Waals surface area contributed by atoms with Crippen molar-refractivity contribution in [2.75, 3.05) is 5.32 Å². The lowest BCUT2D eigenvalue weighted by Gasteiger charge is -2.25. The fourth-order valence-electron chi connectivity index (χ4n) is 3.46. The summed E-state index contributed by atoms with van der Waals surface area (Å²) in [5, 5.41) is 2.48. The quantitative estimate of drug-likeness (QED) is 0.736. The molecule has 3 heterocycles. The normalized spacial score (nSPS) is 28.0. The number of ether oxygens (including phenoxy) is 4. The largest absolute Gasteiger partial charge is 0.461 e. The van der Waals surface area contributed by atoms with Crippen molar-refractivity contribution in [2.24, 2.45) is 0 Å². The van der Waals surface area contributed by atoms with Gasteiger partial charge in [-0.1, -0.05) is 6.92 Å². The van der Waals surface area contributed by atoms with Gasteiger partial charge in [-0.3, -0.25) is 14.2 Å². The van der Waals surface area contributed by atoms with Gasteiger partial charge in [-0.25, -0.2) is 4.79 Å². The van der Waals surface area contributed by atoms with Gasteiger partial charge in [0, 0.05) is 25.6 Å². The molecule has 2 aliphatic heterocycles. The van der Waals surface area contributed by atoms with Gasteiger partial charge in [-0.2, -0.15) is 4.98 Å². The van der Waals surface area contributed by atoms with E-state index in [0.29, 0.717) is 12.0 Å². The van der Waals surface area contributed by atoms with E-state index < -0.39 is 35.7 Å². The van der Waals surface area contributed by atoms with Crippen molar-refractivity contribution in [1.29, 1.82) is 0 Å². The SMILES string of the molecule is CC[C@H]1O[C@@H](n2cc(COC(C)=O)c(NC(C)=O)nc2=O)[C@H]2OC(C)(C)OC12. The summed E-state index contributed by atoms with van der Waals surface area (Å²) in [4.78, 5) is 39.2. The van der Waals surface area contributed by atoms with E-state index in [-0.39, 0.29) is 24.6 Å². The van der Waals surface area contributed by atoms with Crippen molar-refractivity contribution in [3.63, 3.8) is 0 Å². The second-order valence-electron chi connectivity index (χ2n) is 7.30. The molecule has 2 saturated heterocycles. The fraction of sp³-hybridized carbons (Fsp3) is 0.667. The van der Waals surface area contributed by atoms with Gasteiger partial charge in [0.25, 0.3) is 0 Å². The van der Waals surface area contributed by atoms with Gasteiger partial charge >= 0.3 is 11.7 Å². The first kappa shape index (κ1) is 20.4. The zero-order valence-electron chi connectivity index (χ0n) is 16.6. The number of carbonyl (C=O) groups excluding carboxylic acids is 2. The average Bonchev–Trinajstić information content (AvgIpc) is 3.06. The molecule has 10 nitrogen and oxygen atoms in total. The highest BCUT2D eigenvalue weighted by Gasteiger charge is 2.55. The van der Waals surface area contributed by atoms with Crippen LogP contribution >= 0.6 is 0 Å². The number of amides is 1. The number of carbonyl (C=O) groups is 2. The fourth-order valence-corrected chi connectivity index (χ4v) is 3.46. The maximum absolute atomic E-state index is 12.7. The van der Waals surface area contributed by atoms with Gasteiger partial charge in [-0.05, 0) is 20.3 Å². The Morgan fingerprint density at radius 3 is 2.57 bits per heavy atom. The van der Waals surface area contributed by atoms with Crippen molar-refractivity contribution in [3.05, 3.63) is 22.2 Å². The standard InChI is InChI=1S/C18H25N3O7/c1-6-12-13-14(28-18(4,5)27-13)16(26-12)21-7-11(8-25-10(3)23)15(19-9(2)22)20-17(21)24/h7,12-14,16H,6,8H2,1-5H3,(H,19,20,22,24)/t12-,13?,14+,16-/m1/s1. The summed E-state index contributed by atoms with van der Waals surface area (Å²) in [6.07, 6.45) is 0.355. The molecule has 28 heavy (non-hydrogen) atoms. The molecule has 0 spiro atoms. The summed E-state index contributed by atoms with van der Waals surface area (Å²) >= 11 is 0. The Labute approximate surface area is 162 Å². The second kappa shape index (κ2) is 7.61. The maximum atomic E-state index is 12.7. The minimum Gasteiger partial charge on any atom is -0.461 e. The van der Waals surface area contributed by atoms with Crippen LogP contribution in [0.25, 0.3) is 0 Å². The maximum Gasteiger partial charge on any atom is 0.351 e. The van der Waals surface area contributed by atoms with Crippen LogP contribution in [0.2, 0.25) is 0 Å². The second-order valence-corrected chi connectivity index (χ2v) is 7.30. The molecule has 3 rings (SSSR count). The van der Waals surface area contributed by atoms with Gasteiger partial charge in [0.15, 0.2) is 12.0 Å². The van der Waals surface area contributed by atoms with Gasteiger partial charge in [-0.15, -0.1) is 0 Å². The molecule has 1 N–H and O–H groups in total. The van der Waals surface area contributed by atoms with Crippen molar-refractivity contribution >= 4 is 17.7 Å². The van der Waals surface area contributed by atoms with Gasteiger partial charge in [0.2, 0.25) is 5.91 Å². The molecule has 1 aromatic rings. The summed E-state index contributed by atoms with van der Waals surface area (Å²) in [5.41, 5.74) is -0.257. The minimum absolute atomic E-state index is 0.0421. The molecular formula is C18H25N3O7. The molecule has 0 radical (unpaired) electrons. The number of aromatic nitrogens is 2. The van der Waals surface area contributed by atoms with Crippen LogP contribution in [0, 0.1) is 0 Å². The number of rotatable bonds is 5. The zero-order valence-corrected chi connectivity index (χ0v) is 16.6. The molecule has 1 unspecified atom stereocenters. The first-order chi connectivity index (χ1) is 13.1. The average molecular weight is 395 g/mol. The molecule has 0 aliphatic carbocycles. The smallest absolute Gasteiger partial charge is 0.351 e. The monoisotopic (exact) mass is 395 g/mol. The van der Waals surface area contributed by atoms with E-state index in [2.05, 4.69) is 10.3 Å². The van der Waals surface area contributed by atoms with Gasteiger partial charge < -0.3 is 24.3 Å². The van der Waals surface area contributed by atoms with Crippen LogP contribution in [0.3, 0.4) is 0 Å². The van der Waals surface area contributed by atoms with E-state index in [9.17, 15) is 14.4 Å². The van der Waals surface area contributed by atoms with E-state index in [1.165, 1.54) is 24.6 Å². The Hall–Kier alpha value is -2.30. The molecule has 2 aliphatic rings. The van der Waals surface area contributed by atoms with Crippen molar-refractivity contribution in [2.45, 2.75) is 78.0 Å². The molecule has 4 atom stereocenters. The van der Waals surface area contributed by atoms with Crippen LogP contribution < -0.4 is 11.0 Å². The number of nitrogens with zero attached hydrogens (tertiary/aromatic N) is 2. The topological polar surface area (TPSA) is 118 Å². The Morgan fingerprint density at radius 2 is 1.96 bits per heavy atom. The molecular weight excluding hydrogens is 370 g/mol. The number of hydrogen-bond acceptors (Lipinski definition) is 8. The molecule has 2 fully saturated rings. The molecule has 0 saturated carbocycles. The Morgan fingerprint density at radius 1 is 1.29 bits per heavy atom. The van der Waals surface area contributed by atoms with Crippen LogP contribution in [0.4, 0.5) is 5.82 Å². The molecule has 10 heteroatoms. The Balaban J connectivity index is 1.98. The summed E-state index contributed by atoms with van der Waals surface area (Å²) in [6, 6.07) is 0. The summed E-state index contributed by atoms with van der Waals surface area (Å²) < 4.78 is 24.3. The van der Waals surface area contributed by atoms with Crippen LogP contribution in [-0.4, -0.2) is 45.5 Å². The number of hydrogen-bond donors (Lipinski definition) is 1. The van der Waals surface area contributed by atoms with E-state index >= 15 is 0 Å². The first-order valence-electron chi connectivity index (χ1n) is 9.15. The van der Waals surface area contributed by atoms with E-state index in [0.717, 1.165) is 0 Å². The highest BCUT2D eigenvalue weighted by molar-refractivity contribution is 5.88. The van der Waals surface area contributed by atoms with E-state index in [4.69, 9.17) is 18.9 Å². The third kappa shape index (κ3) is 4.08. The van der Waals surface area contributed by atoms with Crippen LogP contribution in [0.15, 0.2) is 11.0 Å². The summed E-state index contributed by atoms with van der Waals surface area (Å²) in [7, 11) is 0. The van der Waals surface area contributed by atoms with Crippen LogP contribution in [0.5, 0.6) is 0 Å². The number of fused-ring (bicyclic) bond motifs is 1. The zero-order chi connectivity index (χ0) is 20.6. The van der Waals surface area contributed by atoms with Crippen molar-refractivity contribution < 1.29 is 28.5 Å². The molecule has 1 amide bonds. The number of anilines is 1. The lowest BCUT2D eigenvalue weighted by Crippen LogP contribution is -2.36. The van der Waals surface area contributed by atoms with E-state index in [1.54, 1.807) is 0 Å². The minimum atomic E-state index is -0.793. The van der Waals surface area contributed by atoms with Gasteiger partial charge in [0.05, 0.1) is 6.10 Å². The lowest BCUT2D eigenvalue weighted by molar-refractivity contribution is -0.197. The Kier molecular flexibility index (Phi) is 5.55. The van der Waals surface area contributed by atoms with Crippen LogP contribution in [-0.2, 0) is 35.1 Å². The third-order valence-corrected chi connectivity index (χ3v) is 4.55. The number of esters is 1. The predicted octanol–water partition coefficient (Wildman–Crippen LogP) is 1.09. The molecule has 154 valence electrons. The van der Waals surface area contributed by atoms with Crippen molar-refractivity contribution in [1.82, 2.24) is 9.55 Å². The molecule has 0 bridgehead atoms. The summed E-state index contributed by atoms with van der Waals surface area (Å²) in [6.45, 7) is 7.99. The first-order valence-corrected chi connectivity index (χ1v) is 9.15. The predicted molar refractivity (Wildman–Crippen MR) is 96.3 cm³/mol. The van der Waals surface area contributed by atoms with Crippen molar-refractivity contribution in [3.8, 4) is 0 Å². The highest BCUT2D eigenvalue weighted by Crippen LogP contribution is 2.43.